The van der Waals surface area contributed by atoms with E-state index in [1.807, 2.05) is 29.6 Å². The summed E-state index contributed by atoms with van der Waals surface area (Å²) in [6, 6.07) is 13.8. The highest BCUT2D eigenvalue weighted by Crippen LogP contribution is 2.36. The Labute approximate surface area is 210 Å². The number of carbonyl (C=O) groups is 2. The maximum absolute atomic E-state index is 12.9. The van der Waals surface area contributed by atoms with Crippen LogP contribution >= 0.6 is 11.3 Å². The van der Waals surface area contributed by atoms with Crippen LogP contribution in [0.2, 0.25) is 0 Å². The minimum absolute atomic E-state index is 0.140. The molecular formula is C27H31N3O4S. The molecule has 8 heteroatoms. The SMILES string of the molecule is COC(=O)c1c(-c2ccc(OC)cc2)csc1NC(=O)CN1CCN(c2cccc(C)c2C)CC1. The number of hydrogen-bond donors (Lipinski definition) is 1. The summed E-state index contributed by atoms with van der Waals surface area (Å²) < 4.78 is 10.2. The molecule has 2 heterocycles. The number of anilines is 2. The van der Waals surface area contributed by atoms with Gasteiger partial charge >= 0.3 is 5.97 Å². The number of thiophene rings is 1. The maximum Gasteiger partial charge on any atom is 0.341 e. The first-order valence-electron chi connectivity index (χ1n) is 11.6. The molecule has 0 saturated carbocycles. The number of hydrogen-bond acceptors (Lipinski definition) is 7. The second-order valence-corrected chi connectivity index (χ2v) is 9.48. The molecule has 1 saturated heterocycles. The zero-order valence-electron chi connectivity index (χ0n) is 20.6. The highest BCUT2D eigenvalue weighted by Gasteiger charge is 2.24. The van der Waals surface area contributed by atoms with Crippen molar-refractivity contribution in [1.29, 1.82) is 0 Å². The number of benzene rings is 2. The zero-order chi connectivity index (χ0) is 24.9. The van der Waals surface area contributed by atoms with Gasteiger partial charge in [-0.3, -0.25) is 9.69 Å². The van der Waals surface area contributed by atoms with Gasteiger partial charge in [-0.1, -0.05) is 24.3 Å². The summed E-state index contributed by atoms with van der Waals surface area (Å²) >= 11 is 1.32. The van der Waals surface area contributed by atoms with E-state index in [0.717, 1.165) is 43.1 Å². The van der Waals surface area contributed by atoms with Crippen LogP contribution in [0.3, 0.4) is 0 Å². The van der Waals surface area contributed by atoms with E-state index in [1.54, 1.807) is 7.11 Å². The highest BCUT2D eigenvalue weighted by atomic mass is 32.1. The highest BCUT2D eigenvalue weighted by molar-refractivity contribution is 7.15. The topological polar surface area (TPSA) is 71.1 Å². The summed E-state index contributed by atoms with van der Waals surface area (Å²) in [4.78, 5) is 30.0. The Bertz CT molecular complexity index is 1200. The number of rotatable bonds is 7. The van der Waals surface area contributed by atoms with Crippen LogP contribution in [0.4, 0.5) is 10.7 Å². The summed E-state index contributed by atoms with van der Waals surface area (Å²) in [6.45, 7) is 7.89. The average Bonchev–Trinajstić information content (AvgIpc) is 3.29. The van der Waals surface area contributed by atoms with Gasteiger partial charge in [-0.05, 0) is 48.7 Å². The van der Waals surface area contributed by atoms with Gasteiger partial charge in [0.05, 0.1) is 20.8 Å². The van der Waals surface area contributed by atoms with Crippen LogP contribution in [0.5, 0.6) is 5.75 Å². The Balaban J connectivity index is 1.41. The van der Waals surface area contributed by atoms with Gasteiger partial charge in [0.25, 0.3) is 0 Å². The van der Waals surface area contributed by atoms with Crippen LogP contribution in [-0.2, 0) is 9.53 Å². The van der Waals surface area contributed by atoms with Crippen LogP contribution in [0.15, 0.2) is 47.8 Å². The standard InChI is InChI=1S/C27H31N3O4S/c1-18-6-5-7-23(19(18)2)30-14-12-29(13-15-30)16-24(31)28-26-25(27(32)34-4)22(17-35-26)20-8-10-21(33-3)11-9-20/h5-11,17H,12-16H2,1-4H3,(H,28,31). The first-order valence-corrected chi connectivity index (χ1v) is 12.5. The van der Waals surface area contributed by atoms with Gasteiger partial charge < -0.3 is 19.7 Å². The van der Waals surface area contributed by atoms with E-state index in [9.17, 15) is 9.59 Å². The Hall–Kier alpha value is -3.36. The van der Waals surface area contributed by atoms with Gasteiger partial charge in [-0.25, -0.2) is 4.79 Å². The molecule has 7 nitrogen and oxygen atoms in total. The van der Waals surface area contributed by atoms with Gasteiger partial charge in [0, 0.05) is 42.8 Å². The third-order valence-electron chi connectivity index (χ3n) is 6.49. The number of piperazine rings is 1. The van der Waals surface area contributed by atoms with Crippen LogP contribution in [0.25, 0.3) is 11.1 Å². The number of esters is 1. The first kappa shape index (κ1) is 24.8. The largest absolute Gasteiger partial charge is 0.497 e. The van der Waals surface area contributed by atoms with Crippen LogP contribution < -0.4 is 15.0 Å². The van der Waals surface area contributed by atoms with Crippen molar-refractivity contribution < 1.29 is 19.1 Å². The number of methoxy groups -OCH3 is 2. The molecule has 0 bridgehead atoms. The van der Waals surface area contributed by atoms with Crippen LogP contribution in [0.1, 0.15) is 21.5 Å². The van der Waals surface area contributed by atoms with Crippen molar-refractivity contribution in [2.75, 3.05) is 57.2 Å². The first-order chi connectivity index (χ1) is 16.9. The normalized spacial score (nSPS) is 14.0. The molecule has 1 fully saturated rings. The number of ether oxygens (including phenoxy) is 2. The summed E-state index contributed by atoms with van der Waals surface area (Å²) in [7, 11) is 2.95. The molecular weight excluding hydrogens is 462 g/mol. The predicted molar refractivity (Wildman–Crippen MR) is 141 cm³/mol. The fourth-order valence-electron chi connectivity index (χ4n) is 4.33. The quantitative estimate of drug-likeness (QED) is 0.486. The van der Waals surface area contributed by atoms with E-state index in [4.69, 9.17) is 9.47 Å². The monoisotopic (exact) mass is 493 g/mol. The number of nitrogens with zero attached hydrogens (tertiary/aromatic N) is 2. The molecule has 4 rings (SSSR count). The minimum atomic E-state index is -0.477. The number of carbonyl (C=O) groups excluding carboxylic acids is 2. The number of amides is 1. The Morgan fingerprint density at radius 1 is 1.00 bits per heavy atom. The van der Waals surface area contributed by atoms with E-state index in [2.05, 4.69) is 47.2 Å². The van der Waals surface area contributed by atoms with E-state index >= 15 is 0 Å². The predicted octanol–water partition coefficient (Wildman–Crippen LogP) is 4.59. The molecule has 0 aliphatic carbocycles. The van der Waals surface area contributed by atoms with Crippen molar-refractivity contribution in [3.05, 3.63) is 64.5 Å². The van der Waals surface area contributed by atoms with Gasteiger partial charge in [0.1, 0.15) is 16.3 Å². The fourth-order valence-corrected chi connectivity index (χ4v) is 5.31. The zero-order valence-corrected chi connectivity index (χ0v) is 21.4. The van der Waals surface area contributed by atoms with Gasteiger partial charge in [0.2, 0.25) is 5.91 Å². The van der Waals surface area contributed by atoms with E-state index in [1.165, 1.54) is 35.3 Å². The smallest absolute Gasteiger partial charge is 0.341 e. The van der Waals surface area contributed by atoms with Crippen molar-refractivity contribution >= 4 is 33.9 Å². The number of aryl methyl sites for hydroxylation is 1. The lowest BCUT2D eigenvalue weighted by molar-refractivity contribution is -0.117. The summed E-state index contributed by atoms with van der Waals surface area (Å²) in [5.41, 5.74) is 5.81. The van der Waals surface area contributed by atoms with Crippen molar-refractivity contribution in [3.8, 4) is 16.9 Å². The molecule has 0 spiro atoms. The second-order valence-electron chi connectivity index (χ2n) is 8.60. The van der Waals surface area contributed by atoms with Gasteiger partial charge in [0.15, 0.2) is 0 Å². The molecule has 1 aromatic heterocycles. The fraction of sp³-hybridized carbons (Fsp3) is 0.333. The summed E-state index contributed by atoms with van der Waals surface area (Å²) in [5, 5.41) is 5.31. The molecule has 35 heavy (non-hydrogen) atoms. The van der Waals surface area contributed by atoms with Crippen molar-refractivity contribution in [3.63, 3.8) is 0 Å². The second kappa shape index (κ2) is 10.9. The maximum atomic E-state index is 12.9. The molecule has 1 amide bonds. The molecule has 1 N–H and O–H groups in total. The lowest BCUT2D eigenvalue weighted by Crippen LogP contribution is -2.48. The molecule has 2 aromatic carbocycles. The van der Waals surface area contributed by atoms with E-state index < -0.39 is 5.97 Å². The minimum Gasteiger partial charge on any atom is -0.497 e. The van der Waals surface area contributed by atoms with Crippen molar-refractivity contribution in [2.24, 2.45) is 0 Å². The molecule has 3 aromatic rings. The van der Waals surface area contributed by atoms with Crippen LogP contribution in [0, 0.1) is 13.8 Å². The molecule has 184 valence electrons. The molecule has 0 atom stereocenters. The van der Waals surface area contributed by atoms with Gasteiger partial charge in [-0.15, -0.1) is 11.3 Å². The third-order valence-corrected chi connectivity index (χ3v) is 7.39. The van der Waals surface area contributed by atoms with Crippen molar-refractivity contribution in [2.45, 2.75) is 13.8 Å². The summed E-state index contributed by atoms with van der Waals surface area (Å²) in [6.07, 6.45) is 0. The molecule has 1 aliphatic heterocycles. The Morgan fingerprint density at radius 2 is 1.71 bits per heavy atom. The van der Waals surface area contributed by atoms with E-state index in [-0.39, 0.29) is 12.5 Å². The summed E-state index contributed by atoms with van der Waals surface area (Å²) in [5.74, 6) is 0.114. The van der Waals surface area contributed by atoms with Crippen LogP contribution in [-0.4, -0.2) is 63.7 Å². The average molecular weight is 494 g/mol. The molecule has 1 aliphatic rings. The van der Waals surface area contributed by atoms with E-state index in [0.29, 0.717) is 10.6 Å². The lowest BCUT2D eigenvalue weighted by atomic mass is 10.0. The molecule has 0 unspecified atom stereocenters. The Kier molecular flexibility index (Phi) is 7.73. The number of nitrogens with one attached hydrogen (secondary N) is 1. The Morgan fingerprint density at radius 3 is 2.37 bits per heavy atom. The molecule has 0 radical (unpaired) electrons. The third kappa shape index (κ3) is 5.49. The lowest BCUT2D eigenvalue weighted by Gasteiger charge is -2.36. The van der Waals surface area contributed by atoms with Crippen molar-refractivity contribution in [1.82, 2.24) is 4.90 Å². The van der Waals surface area contributed by atoms with Gasteiger partial charge in [-0.2, -0.15) is 0 Å².